The Hall–Kier alpha value is -3.30. The van der Waals surface area contributed by atoms with Crippen LogP contribution in [0.15, 0.2) is 10.5 Å². The number of esters is 1. The maximum atomic E-state index is 12.7. The van der Waals surface area contributed by atoms with Gasteiger partial charge in [0.15, 0.2) is 10.8 Å². The fraction of sp³-hybridized carbons (Fsp3) is 0.471. The van der Waals surface area contributed by atoms with E-state index in [0.717, 1.165) is 11.3 Å². The highest BCUT2D eigenvalue weighted by atomic mass is 35.5. The second-order valence-electron chi connectivity index (χ2n) is 6.74. The number of halogens is 1. The molecule has 14 nitrogen and oxygen atoms in total. The Labute approximate surface area is 194 Å². The van der Waals surface area contributed by atoms with E-state index in [0.29, 0.717) is 5.06 Å². The lowest BCUT2D eigenvalue weighted by atomic mass is 10.1. The van der Waals surface area contributed by atoms with Gasteiger partial charge in [0.1, 0.15) is 18.7 Å². The summed E-state index contributed by atoms with van der Waals surface area (Å²) in [5, 5.41) is 20.2. The number of rotatable bonds is 9. The number of carboxylic acids is 1. The molecule has 2 fully saturated rings. The number of anilines is 1. The summed E-state index contributed by atoms with van der Waals surface area (Å²) in [6.07, 6.45) is -0.443. The van der Waals surface area contributed by atoms with Crippen molar-refractivity contribution in [2.45, 2.75) is 18.6 Å². The molecular weight excluding hydrogens is 486 g/mol. The highest BCUT2D eigenvalue weighted by Gasteiger charge is 2.58. The summed E-state index contributed by atoms with van der Waals surface area (Å²) in [5.74, 6) is -5.52. The molecule has 178 valence electrons. The lowest BCUT2D eigenvalue weighted by Crippen LogP contribution is -2.55. The quantitative estimate of drug-likeness (QED) is 0.168. The molecule has 1 aromatic heterocycles. The molecule has 3 rings (SSSR count). The highest BCUT2D eigenvalue weighted by molar-refractivity contribution is 7.14. The van der Waals surface area contributed by atoms with Crippen molar-refractivity contribution >= 4 is 63.4 Å². The Morgan fingerprint density at radius 2 is 2.21 bits per heavy atom. The number of carbonyl (C=O) groups excluding carboxylic acids is 4. The molecule has 2 aliphatic rings. The fourth-order valence-corrected chi connectivity index (χ4v) is 3.80. The topological polar surface area (TPSA) is 186 Å². The van der Waals surface area contributed by atoms with Crippen molar-refractivity contribution in [3.05, 3.63) is 11.1 Å². The number of aromatic nitrogens is 1. The van der Waals surface area contributed by atoms with Crippen LogP contribution in [0.5, 0.6) is 0 Å². The number of hydrogen-bond donors (Lipinski definition) is 3. The van der Waals surface area contributed by atoms with Crippen molar-refractivity contribution in [1.29, 1.82) is 0 Å². The molecule has 2 unspecified atom stereocenters. The Balaban J connectivity index is 1.65. The van der Waals surface area contributed by atoms with E-state index in [1.165, 1.54) is 12.5 Å². The van der Waals surface area contributed by atoms with Gasteiger partial charge in [-0.15, -0.1) is 22.9 Å². The predicted molar refractivity (Wildman–Crippen MR) is 110 cm³/mol. The average Bonchev–Trinajstić information content (AvgIpc) is 3.49. The van der Waals surface area contributed by atoms with Gasteiger partial charge in [0.25, 0.3) is 11.8 Å². The van der Waals surface area contributed by atoms with Crippen LogP contribution in [0.2, 0.25) is 0 Å². The summed E-state index contributed by atoms with van der Waals surface area (Å²) in [5.41, 5.74) is -2.36. The fourth-order valence-electron chi connectivity index (χ4n) is 3.02. The number of nitrogens with one attached hydrogen (secondary N) is 2. The first-order valence-corrected chi connectivity index (χ1v) is 10.8. The van der Waals surface area contributed by atoms with Gasteiger partial charge >= 0.3 is 17.7 Å². The number of ether oxygens (including phenoxy) is 1. The van der Waals surface area contributed by atoms with Crippen LogP contribution in [0.25, 0.3) is 0 Å². The molecule has 2 aliphatic heterocycles. The van der Waals surface area contributed by atoms with Gasteiger partial charge in [-0.25, -0.2) is 9.78 Å². The van der Waals surface area contributed by atoms with E-state index >= 15 is 0 Å². The number of oxime groups is 1. The normalized spacial score (nSPS) is 22.8. The zero-order valence-electron chi connectivity index (χ0n) is 17.0. The van der Waals surface area contributed by atoms with Gasteiger partial charge in [-0.1, -0.05) is 5.16 Å². The van der Waals surface area contributed by atoms with Gasteiger partial charge < -0.3 is 25.3 Å². The summed E-state index contributed by atoms with van der Waals surface area (Å²) in [6.45, 7) is -0.478. The second-order valence-corrected chi connectivity index (χ2v) is 7.87. The maximum absolute atomic E-state index is 12.7. The third-order valence-electron chi connectivity index (χ3n) is 4.59. The minimum absolute atomic E-state index is 0.0996. The Kier molecular flexibility index (Phi) is 7.45. The molecule has 0 aromatic carbocycles. The van der Waals surface area contributed by atoms with E-state index < -0.39 is 41.3 Å². The summed E-state index contributed by atoms with van der Waals surface area (Å²) in [4.78, 5) is 73.9. The molecule has 0 aliphatic carbocycles. The number of hydrogen-bond acceptors (Lipinski definition) is 11. The number of hydroxylamine groups is 2. The van der Waals surface area contributed by atoms with Crippen LogP contribution in [-0.2, 0) is 38.4 Å². The van der Waals surface area contributed by atoms with E-state index in [-0.39, 0.29) is 48.4 Å². The Bertz CT molecular complexity index is 1010. The number of carbonyl (C=O) groups is 5. The summed E-state index contributed by atoms with van der Waals surface area (Å²) in [7, 11) is 1.22. The molecule has 33 heavy (non-hydrogen) atoms. The third kappa shape index (κ3) is 5.04. The van der Waals surface area contributed by atoms with E-state index in [1.807, 2.05) is 0 Å². The first kappa shape index (κ1) is 24.3. The van der Waals surface area contributed by atoms with Gasteiger partial charge in [0.2, 0.25) is 5.91 Å². The molecule has 0 radical (unpaired) electrons. The smallest absolute Gasteiger partial charge is 0.372 e. The van der Waals surface area contributed by atoms with Gasteiger partial charge in [0, 0.05) is 18.3 Å². The summed E-state index contributed by atoms with van der Waals surface area (Å²) in [6, 6.07) is 0. The average molecular weight is 504 g/mol. The van der Waals surface area contributed by atoms with Crippen molar-refractivity contribution in [2.75, 3.05) is 31.5 Å². The largest absolute Gasteiger partial charge is 0.477 e. The summed E-state index contributed by atoms with van der Waals surface area (Å²) < 4.78 is 4.88. The van der Waals surface area contributed by atoms with Gasteiger partial charge in [-0.05, 0) is 0 Å². The van der Waals surface area contributed by atoms with Gasteiger partial charge in [-0.2, -0.15) is 5.06 Å². The molecule has 16 heteroatoms. The minimum atomic E-state index is -2.24. The van der Waals surface area contributed by atoms with Crippen LogP contribution in [0.4, 0.5) is 5.13 Å². The second kappa shape index (κ2) is 10.1. The van der Waals surface area contributed by atoms with Crippen molar-refractivity contribution in [2.24, 2.45) is 11.1 Å². The zero-order valence-corrected chi connectivity index (χ0v) is 18.6. The van der Waals surface area contributed by atoms with Crippen molar-refractivity contribution < 1.29 is 43.5 Å². The lowest BCUT2D eigenvalue weighted by molar-refractivity contribution is -0.256. The number of nitrogens with zero attached hydrogens (tertiary/aromatic N) is 3. The molecular formula is C17H18ClN5O9S. The maximum Gasteiger partial charge on any atom is 0.372 e. The van der Waals surface area contributed by atoms with E-state index in [9.17, 15) is 29.1 Å². The van der Waals surface area contributed by atoms with Crippen LogP contribution in [-0.4, -0.2) is 82.4 Å². The van der Waals surface area contributed by atoms with Crippen molar-refractivity contribution in [3.8, 4) is 0 Å². The summed E-state index contributed by atoms with van der Waals surface area (Å²) >= 11 is 6.46. The van der Waals surface area contributed by atoms with Crippen LogP contribution < -0.4 is 10.6 Å². The number of aliphatic carboxylic acids is 1. The van der Waals surface area contributed by atoms with Crippen molar-refractivity contribution in [1.82, 2.24) is 15.4 Å². The SMILES string of the molecule is CO/N=C(\C(=O)NCC1CON(C2(C(=O)O)CCC(=O)O2)C1=O)c1csc(NC(=O)CCl)n1. The van der Waals surface area contributed by atoms with Crippen LogP contribution in [0.1, 0.15) is 18.5 Å². The first-order chi connectivity index (χ1) is 15.7. The van der Waals surface area contributed by atoms with Crippen LogP contribution in [0, 0.1) is 5.92 Å². The third-order valence-corrected chi connectivity index (χ3v) is 5.59. The molecule has 1 aromatic rings. The number of alkyl halides is 1. The van der Waals surface area contributed by atoms with E-state index in [2.05, 4.69) is 25.6 Å². The molecule has 0 spiro atoms. The lowest BCUT2D eigenvalue weighted by Gasteiger charge is -2.30. The van der Waals surface area contributed by atoms with E-state index in [1.54, 1.807) is 0 Å². The first-order valence-electron chi connectivity index (χ1n) is 9.35. The molecule has 3 N–H and O–H groups in total. The molecule has 3 amide bonds. The zero-order chi connectivity index (χ0) is 24.2. The number of carboxylic acid groups (broad SMARTS) is 1. The van der Waals surface area contributed by atoms with Crippen LogP contribution >= 0.6 is 22.9 Å². The standard InChI is InChI=1S/C17H18ClN5O9S/c1-30-22-12(9-7-33-16(20-9)21-10(24)4-18)13(26)19-5-8-6-31-23(14(8)27)17(15(28)29)3-2-11(25)32-17/h7-8H,2-6H2,1H3,(H,19,26)(H,28,29)(H,20,21,24)/b22-12-. The molecule has 0 bridgehead atoms. The van der Waals surface area contributed by atoms with Crippen LogP contribution in [0.3, 0.4) is 0 Å². The Morgan fingerprint density at radius 1 is 1.45 bits per heavy atom. The number of thiazole rings is 1. The number of amides is 3. The molecule has 2 saturated heterocycles. The van der Waals surface area contributed by atoms with Gasteiger partial charge in [0.05, 0.1) is 18.9 Å². The number of cyclic esters (lactones) is 1. The molecule has 3 heterocycles. The monoisotopic (exact) mass is 503 g/mol. The predicted octanol–water partition coefficient (Wildman–Crippen LogP) is -0.705. The van der Waals surface area contributed by atoms with E-state index in [4.69, 9.17) is 21.2 Å². The molecule has 0 saturated carbocycles. The minimum Gasteiger partial charge on any atom is -0.477 e. The molecule has 2 atom stereocenters. The van der Waals surface area contributed by atoms with Crippen molar-refractivity contribution in [3.63, 3.8) is 0 Å². The highest BCUT2D eigenvalue weighted by Crippen LogP contribution is 2.35. The Morgan fingerprint density at radius 3 is 2.82 bits per heavy atom. The van der Waals surface area contributed by atoms with Gasteiger partial charge in [-0.3, -0.25) is 24.0 Å².